The molecule has 0 aliphatic carbocycles. The van der Waals surface area contributed by atoms with Crippen LogP contribution < -0.4 is 5.73 Å². The number of thiazole rings is 1. The van der Waals surface area contributed by atoms with Crippen molar-refractivity contribution in [1.29, 1.82) is 0 Å². The molecule has 0 unspecified atom stereocenters. The van der Waals surface area contributed by atoms with E-state index in [0.717, 1.165) is 21.8 Å². The number of aromatic nitrogens is 1. The molecule has 0 saturated heterocycles. The van der Waals surface area contributed by atoms with Gasteiger partial charge in [0.05, 0.1) is 10.2 Å². The summed E-state index contributed by atoms with van der Waals surface area (Å²) in [5.41, 5.74) is 8.33. The van der Waals surface area contributed by atoms with Crippen molar-refractivity contribution in [1.82, 2.24) is 4.98 Å². The zero-order chi connectivity index (χ0) is 12.4. The van der Waals surface area contributed by atoms with E-state index in [0.29, 0.717) is 0 Å². The minimum absolute atomic E-state index is 0.750. The van der Waals surface area contributed by atoms with Crippen LogP contribution in [0.3, 0.4) is 0 Å². The van der Waals surface area contributed by atoms with E-state index in [1.165, 1.54) is 4.70 Å². The number of hydrogen-bond acceptors (Lipinski definition) is 3. The molecule has 0 aliphatic rings. The van der Waals surface area contributed by atoms with Crippen molar-refractivity contribution in [3.8, 4) is 11.8 Å². The van der Waals surface area contributed by atoms with E-state index in [2.05, 4.69) is 22.9 Å². The molecule has 1 heterocycles. The van der Waals surface area contributed by atoms with Crippen molar-refractivity contribution in [3.63, 3.8) is 0 Å². The van der Waals surface area contributed by atoms with Gasteiger partial charge in [-0.1, -0.05) is 18.1 Å². The summed E-state index contributed by atoms with van der Waals surface area (Å²) in [4.78, 5) is 4.47. The lowest BCUT2D eigenvalue weighted by molar-refractivity contribution is 1.45. The van der Waals surface area contributed by atoms with E-state index in [9.17, 15) is 0 Å². The molecule has 0 fully saturated rings. The zero-order valence-corrected chi connectivity index (χ0v) is 10.4. The minimum Gasteiger partial charge on any atom is -0.399 e. The molecule has 0 aliphatic heterocycles. The fourth-order valence-electron chi connectivity index (χ4n) is 1.62. The fourth-order valence-corrected chi connectivity index (χ4v) is 2.44. The molecular formula is C15H10N2S. The molecule has 3 aromatic rings. The lowest BCUT2D eigenvalue weighted by atomic mass is 10.2. The third-order valence-electron chi connectivity index (χ3n) is 2.52. The topological polar surface area (TPSA) is 38.9 Å². The molecule has 0 radical (unpaired) electrons. The Kier molecular flexibility index (Phi) is 2.71. The van der Waals surface area contributed by atoms with Crippen LogP contribution in [0, 0.1) is 11.8 Å². The highest BCUT2D eigenvalue weighted by molar-refractivity contribution is 7.19. The van der Waals surface area contributed by atoms with Crippen LogP contribution in [0.1, 0.15) is 10.6 Å². The second-order valence-electron chi connectivity index (χ2n) is 3.86. The van der Waals surface area contributed by atoms with Crippen LogP contribution >= 0.6 is 11.3 Å². The molecule has 0 saturated carbocycles. The van der Waals surface area contributed by atoms with E-state index in [4.69, 9.17) is 5.73 Å². The predicted molar refractivity (Wildman–Crippen MR) is 76.5 cm³/mol. The summed E-state index contributed by atoms with van der Waals surface area (Å²) < 4.78 is 1.17. The summed E-state index contributed by atoms with van der Waals surface area (Å²) in [6, 6.07) is 15.6. The Balaban J connectivity index is 1.95. The second-order valence-corrected chi connectivity index (χ2v) is 4.89. The lowest BCUT2D eigenvalue weighted by Crippen LogP contribution is -1.83. The van der Waals surface area contributed by atoms with E-state index in [1.54, 1.807) is 11.3 Å². The summed E-state index contributed by atoms with van der Waals surface area (Å²) in [5, 5.41) is 0.841. The largest absolute Gasteiger partial charge is 0.399 e. The predicted octanol–water partition coefficient (Wildman–Crippen LogP) is 3.28. The van der Waals surface area contributed by atoms with Gasteiger partial charge in [0.25, 0.3) is 0 Å². The Bertz CT molecular complexity index is 712. The van der Waals surface area contributed by atoms with Gasteiger partial charge in [-0.25, -0.2) is 4.98 Å². The SMILES string of the molecule is Nc1ccc(C#Cc2nc3ccccc3s2)cc1. The van der Waals surface area contributed by atoms with E-state index >= 15 is 0 Å². The summed E-state index contributed by atoms with van der Waals surface area (Å²) in [6.45, 7) is 0. The lowest BCUT2D eigenvalue weighted by Gasteiger charge is -1.90. The van der Waals surface area contributed by atoms with Crippen molar-refractivity contribution < 1.29 is 0 Å². The van der Waals surface area contributed by atoms with Gasteiger partial charge < -0.3 is 5.73 Å². The number of benzene rings is 2. The fraction of sp³-hybridized carbons (Fsp3) is 0. The normalized spacial score (nSPS) is 10.0. The van der Waals surface area contributed by atoms with Gasteiger partial charge in [0.1, 0.15) is 0 Å². The Morgan fingerprint density at radius 2 is 1.72 bits per heavy atom. The van der Waals surface area contributed by atoms with Crippen LogP contribution in [0.5, 0.6) is 0 Å². The average Bonchev–Trinajstić information content (AvgIpc) is 2.81. The third kappa shape index (κ3) is 2.20. The first kappa shape index (κ1) is 10.8. The maximum atomic E-state index is 5.63. The number of nitrogen functional groups attached to an aromatic ring is 1. The van der Waals surface area contributed by atoms with Gasteiger partial charge in [0, 0.05) is 11.3 Å². The number of rotatable bonds is 0. The molecule has 1 aromatic heterocycles. The van der Waals surface area contributed by atoms with Gasteiger partial charge in [-0.05, 0) is 42.3 Å². The Hall–Kier alpha value is -2.31. The first-order chi connectivity index (χ1) is 8.81. The molecule has 2 aromatic carbocycles. The van der Waals surface area contributed by atoms with E-state index < -0.39 is 0 Å². The van der Waals surface area contributed by atoms with Crippen LogP contribution in [0.15, 0.2) is 48.5 Å². The maximum absolute atomic E-state index is 5.63. The van der Waals surface area contributed by atoms with Gasteiger partial charge in [0.15, 0.2) is 5.01 Å². The van der Waals surface area contributed by atoms with Gasteiger partial charge in [-0.15, -0.1) is 11.3 Å². The smallest absolute Gasteiger partial charge is 0.168 e. The van der Waals surface area contributed by atoms with Crippen molar-refractivity contribution in [3.05, 3.63) is 59.1 Å². The van der Waals surface area contributed by atoms with Crippen molar-refractivity contribution in [2.45, 2.75) is 0 Å². The van der Waals surface area contributed by atoms with Crippen LogP contribution in [-0.4, -0.2) is 4.98 Å². The van der Waals surface area contributed by atoms with Crippen molar-refractivity contribution in [2.75, 3.05) is 5.73 Å². The van der Waals surface area contributed by atoms with Crippen LogP contribution in [0.4, 0.5) is 5.69 Å². The highest BCUT2D eigenvalue weighted by Gasteiger charge is 1.99. The van der Waals surface area contributed by atoms with E-state index in [1.807, 2.05) is 42.5 Å². The monoisotopic (exact) mass is 250 g/mol. The number of para-hydroxylation sites is 1. The van der Waals surface area contributed by atoms with Crippen molar-refractivity contribution in [2.24, 2.45) is 0 Å². The molecule has 0 bridgehead atoms. The quantitative estimate of drug-likeness (QED) is 0.491. The third-order valence-corrected chi connectivity index (χ3v) is 3.47. The summed E-state index contributed by atoms with van der Waals surface area (Å²) in [6.07, 6.45) is 0. The number of nitrogens with two attached hydrogens (primary N) is 1. The Morgan fingerprint density at radius 3 is 2.50 bits per heavy atom. The van der Waals surface area contributed by atoms with Crippen molar-refractivity contribution >= 4 is 27.2 Å². The van der Waals surface area contributed by atoms with Gasteiger partial charge in [0.2, 0.25) is 0 Å². The highest BCUT2D eigenvalue weighted by atomic mass is 32.1. The van der Waals surface area contributed by atoms with E-state index in [-0.39, 0.29) is 0 Å². The molecule has 18 heavy (non-hydrogen) atoms. The maximum Gasteiger partial charge on any atom is 0.168 e. The molecule has 2 N–H and O–H groups in total. The van der Waals surface area contributed by atoms with Gasteiger partial charge in [-0.2, -0.15) is 0 Å². The number of hydrogen-bond donors (Lipinski definition) is 1. The molecule has 0 atom stereocenters. The summed E-state index contributed by atoms with van der Waals surface area (Å²) in [7, 11) is 0. The molecule has 0 amide bonds. The second kappa shape index (κ2) is 4.52. The minimum atomic E-state index is 0.750. The van der Waals surface area contributed by atoms with Crippen LogP contribution in [0.2, 0.25) is 0 Å². The van der Waals surface area contributed by atoms with Crippen LogP contribution in [-0.2, 0) is 0 Å². The average molecular weight is 250 g/mol. The molecule has 2 nitrogen and oxygen atoms in total. The molecule has 86 valence electrons. The standard InChI is InChI=1S/C15H10N2S/c16-12-8-5-11(6-9-12)7-10-15-17-13-3-1-2-4-14(13)18-15/h1-6,8-9H,16H2. The van der Waals surface area contributed by atoms with Gasteiger partial charge in [-0.3, -0.25) is 0 Å². The first-order valence-electron chi connectivity index (χ1n) is 5.54. The summed E-state index contributed by atoms with van der Waals surface area (Å²) >= 11 is 1.61. The molecular weight excluding hydrogens is 240 g/mol. The van der Waals surface area contributed by atoms with Crippen LogP contribution in [0.25, 0.3) is 10.2 Å². The highest BCUT2D eigenvalue weighted by Crippen LogP contribution is 2.20. The zero-order valence-electron chi connectivity index (χ0n) is 9.55. The first-order valence-corrected chi connectivity index (χ1v) is 6.36. The molecule has 3 rings (SSSR count). The Morgan fingerprint density at radius 1 is 0.944 bits per heavy atom. The number of nitrogens with zero attached hydrogens (tertiary/aromatic N) is 1. The number of fused-ring (bicyclic) bond motifs is 1. The summed E-state index contributed by atoms with van der Waals surface area (Å²) in [5.74, 6) is 6.18. The molecule has 3 heteroatoms. The Labute approximate surface area is 109 Å². The molecule has 0 spiro atoms. The van der Waals surface area contributed by atoms with Gasteiger partial charge >= 0.3 is 0 Å². The number of anilines is 1.